The number of anilines is 1. The maximum Gasteiger partial charge on any atom is 0.255 e. The van der Waals surface area contributed by atoms with Crippen LogP contribution in [0.3, 0.4) is 0 Å². The third-order valence-corrected chi connectivity index (χ3v) is 7.35. The van der Waals surface area contributed by atoms with Crippen LogP contribution in [-0.4, -0.2) is 43.3 Å². The number of sulfonamides is 1. The number of nitrogens with zero attached hydrogens (tertiary/aromatic N) is 3. The van der Waals surface area contributed by atoms with Gasteiger partial charge in [-0.25, -0.2) is 13.4 Å². The molecule has 3 heterocycles. The molecule has 23 heavy (non-hydrogen) atoms. The summed E-state index contributed by atoms with van der Waals surface area (Å²) in [6.07, 6.45) is 0.370. The van der Waals surface area contributed by atoms with Gasteiger partial charge in [-0.3, -0.25) is 9.78 Å². The number of aryl methyl sites for hydroxylation is 1. The summed E-state index contributed by atoms with van der Waals surface area (Å²) in [6, 6.07) is 1.79. The molecule has 0 fully saturated rings. The number of fused-ring (bicyclic) bond motifs is 1. The molecule has 3 rings (SSSR count). The molecule has 9 heteroatoms. The average molecular weight is 354 g/mol. The minimum absolute atomic E-state index is 0.125. The fraction of sp³-hybridized carbons (Fsp3) is 0.429. The van der Waals surface area contributed by atoms with Crippen molar-refractivity contribution in [3.8, 4) is 0 Å². The molecule has 0 saturated heterocycles. The zero-order valence-corrected chi connectivity index (χ0v) is 14.8. The second kappa shape index (κ2) is 5.73. The zero-order chi connectivity index (χ0) is 16.8. The lowest BCUT2D eigenvalue weighted by Gasteiger charge is -2.27. The number of hydrogen-bond donors (Lipinski definition) is 1. The molecule has 124 valence electrons. The molecular formula is C14H18N4O3S2. The summed E-state index contributed by atoms with van der Waals surface area (Å²) in [4.78, 5) is 21.0. The van der Waals surface area contributed by atoms with Gasteiger partial charge in [0.05, 0.1) is 12.2 Å². The van der Waals surface area contributed by atoms with E-state index in [1.54, 1.807) is 37.4 Å². The predicted molar refractivity (Wildman–Crippen MR) is 89.5 cm³/mol. The highest BCUT2D eigenvalue weighted by Crippen LogP contribution is 2.28. The van der Waals surface area contributed by atoms with E-state index in [2.05, 4.69) is 9.97 Å². The number of thiophene rings is 1. The highest BCUT2D eigenvalue weighted by Gasteiger charge is 2.32. The summed E-state index contributed by atoms with van der Waals surface area (Å²) in [5.74, 6) is 0.431. The van der Waals surface area contributed by atoms with Crippen molar-refractivity contribution in [3.63, 3.8) is 0 Å². The van der Waals surface area contributed by atoms with E-state index in [4.69, 9.17) is 0 Å². The molecular weight excluding hydrogens is 336 g/mol. The van der Waals surface area contributed by atoms with Crippen LogP contribution in [0.15, 0.2) is 20.5 Å². The van der Waals surface area contributed by atoms with Crippen molar-refractivity contribution in [1.82, 2.24) is 14.3 Å². The van der Waals surface area contributed by atoms with E-state index in [-0.39, 0.29) is 12.1 Å². The largest absolute Gasteiger partial charge is 0.348 e. The summed E-state index contributed by atoms with van der Waals surface area (Å²) in [5, 5.41) is 1.77. The van der Waals surface area contributed by atoms with Crippen molar-refractivity contribution in [2.24, 2.45) is 0 Å². The normalized spacial score (nSPS) is 15.4. The Morgan fingerprint density at radius 3 is 2.74 bits per heavy atom. The summed E-state index contributed by atoms with van der Waals surface area (Å²) in [7, 11) is -0.00240. The van der Waals surface area contributed by atoms with Crippen LogP contribution >= 0.6 is 11.3 Å². The summed E-state index contributed by atoms with van der Waals surface area (Å²) < 4.78 is 27.4. The molecule has 0 aliphatic carbocycles. The zero-order valence-electron chi connectivity index (χ0n) is 13.2. The molecule has 7 nitrogen and oxygen atoms in total. The molecule has 0 unspecified atom stereocenters. The predicted octanol–water partition coefficient (Wildman–Crippen LogP) is 0.953. The topological polar surface area (TPSA) is 86.4 Å². The van der Waals surface area contributed by atoms with Crippen molar-refractivity contribution < 1.29 is 8.42 Å². The lowest BCUT2D eigenvalue weighted by atomic mass is 10.1. The van der Waals surface area contributed by atoms with E-state index in [0.29, 0.717) is 34.4 Å². The fourth-order valence-corrected chi connectivity index (χ4v) is 5.51. The van der Waals surface area contributed by atoms with Crippen molar-refractivity contribution >= 4 is 27.3 Å². The summed E-state index contributed by atoms with van der Waals surface area (Å²) in [6.45, 7) is 2.20. The number of H-pyrrole nitrogens is 1. The van der Waals surface area contributed by atoms with E-state index < -0.39 is 10.0 Å². The lowest BCUT2D eigenvalue weighted by Crippen LogP contribution is -2.39. The molecule has 0 aromatic carbocycles. The minimum atomic E-state index is -3.55. The number of rotatable bonds is 3. The van der Waals surface area contributed by atoms with E-state index in [9.17, 15) is 13.2 Å². The number of aromatic amines is 1. The first-order valence-corrected chi connectivity index (χ1v) is 9.46. The Morgan fingerprint density at radius 2 is 2.13 bits per heavy atom. The maximum absolute atomic E-state index is 12.8. The van der Waals surface area contributed by atoms with Gasteiger partial charge >= 0.3 is 0 Å². The molecule has 0 saturated carbocycles. The monoisotopic (exact) mass is 354 g/mol. The third-order valence-electron chi connectivity index (χ3n) is 3.84. The Morgan fingerprint density at radius 1 is 1.39 bits per heavy atom. The van der Waals surface area contributed by atoms with Crippen LogP contribution in [-0.2, 0) is 23.0 Å². The van der Waals surface area contributed by atoms with Gasteiger partial charge in [-0.2, -0.15) is 4.31 Å². The molecule has 0 atom stereocenters. The quantitative estimate of drug-likeness (QED) is 0.887. The number of hydrogen-bond acceptors (Lipinski definition) is 6. The Balaban J connectivity index is 2.00. The van der Waals surface area contributed by atoms with E-state index in [0.717, 1.165) is 5.56 Å². The van der Waals surface area contributed by atoms with Crippen LogP contribution in [0.2, 0.25) is 0 Å². The maximum atomic E-state index is 12.8. The van der Waals surface area contributed by atoms with Crippen molar-refractivity contribution in [3.05, 3.63) is 38.6 Å². The van der Waals surface area contributed by atoms with Crippen molar-refractivity contribution in [2.45, 2.75) is 24.1 Å². The second-order valence-electron chi connectivity index (χ2n) is 5.69. The molecule has 0 bridgehead atoms. The second-order valence-corrected chi connectivity index (χ2v) is 8.74. The molecule has 1 N–H and O–H groups in total. The van der Waals surface area contributed by atoms with E-state index in [1.807, 2.05) is 0 Å². The van der Waals surface area contributed by atoms with Gasteiger partial charge < -0.3 is 4.90 Å². The summed E-state index contributed by atoms with van der Waals surface area (Å²) in [5.41, 5.74) is 1.66. The van der Waals surface area contributed by atoms with Gasteiger partial charge in [0.15, 0.2) is 0 Å². The first-order valence-electron chi connectivity index (χ1n) is 7.14. The first-order chi connectivity index (χ1) is 10.8. The molecule has 2 aromatic heterocycles. The standard InChI is InChI=1S/C14H18N4O3S2/c1-9-5-7-22-13(9)23(20,21)18-6-4-10-11(8-18)15-14(17(2)3)16-12(10)19/h5,7H,4,6,8H2,1-3H3,(H,15,16,19). The molecule has 0 spiro atoms. The van der Waals surface area contributed by atoms with Crippen LogP contribution in [0, 0.1) is 6.92 Å². The van der Waals surface area contributed by atoms with Gasteiger partial charge in [0.1, 0.15) is 4.21 Å². The highest BCUT2D eigenvalue weighted by molar-refractivity contribution is 7.91. The van der Waals surface area contributed by atoms with Gasteiger partial charge in [-0.15, -0.1) is 11.3 Å². The van der Waals surface area contributed by atoms with Gasteiger partial charge in [0, 0.05) is 26.2 Å². The SMILES string of the molecule is Cc1ccsc1S(=O)(=O)N1CCc2c(nc(N(C)C)[nH]c2=O)C1. The highest BCUT2D eigenvalue weighted by atomic mass is 32.2. The third kappa shape index (κ3) is 2.79. The van der Waals surface area contributed by atoms with Gasteiger partial charge in [-0.05, 0) is 30.4 Å². The fourth-order valence-electron chi connectivity index (χ4n) is 2.56. The number of nitrogens with one attached hydrogen (secondary N) is 1. The van der Waals surface area contributed by atoms with Crippen LogP contribution < -0.4 is 10.5 Å². The van der Waals surface area contributed by atoms with Gasteiger partial charge in [0.25, 0.3) is 15.6 Å². The lowest BCUT2D eigenvalue weighted by molar-refractivity contribution is 0.384. The average Bonchev–Trinajstić information content (AvgIpc) is 2.93. The van der Waals surface area contributed by atoms with E-state index >= 15 is 0 Å². The molecule has 2 aromatic rings. The molecule has 1 aliphatic heterocycles. The smallest absolute Gasteiger partial charge is 0.255 e. The van der Waals surface area contributed by atoms with Crippen molar-refractivity contribution in [1.29, 1.82) is 0 Å². The van der Waals surface area contributed by atoms with Crippen LogP contribution in [0.5, 0.6) is 0 Å². The van der Waals surface area contributed by atoms with Gasteiger partial charge in [-0.1, -0.05) is 0 Å². The van der Waals surface area contributed by atoms with Crippen LogP contribution in [0.25, 0.3) is 0 Å². The van der Waals surface area contributed by atoms with Gasteiger partial charge in [0.2, 0.25) is 5.95 Å². The van der Waals surface area contributed by atoms with Crippen LogP contribution in [0.1, 0.15) is 16.8 Å². The molecule has 0 amide bonds. The number of aromatic nitrogens is 2. The first kappa shape index (κ1) is 16.2. The Hall–Kier alpha value is -1.71. The Labute approximate surface area is 138 Å². The molecule has 1 aliphatic rings. The van der Waals surface area contributed by atoms with Crippen molar-refractivity contribution in [2.75, 3.05) is 25.5 Å². The van der Waals surface area contributed by atoms with Crippen LogP contribution in [0.4, 0.5) is 5.95 Å². The van der Waals surface area contributed by atoms with E-state index in [1.165, 1.54) is 15.6 Å². The Bertz CT molecular complexity index is 899. The Kier molecular flexibility index (Phi) is 4.03. The minimum Gasteiger partial charge on any atom is -0.348 e. The molecule has 0 radical (unpaired) electrons. The summed E-state index contributed by atoms with van der Waals surface area (Å²) >= 11 is 1.22.